The fourth-order valence-electron chi connectivity index (χ4n) is 2.72. The number of aromatic nitrogens is 1. The molecule has 0 aliphatic carbocycles. The SMILES string of the molecule is O=C(CSc1nc2cc(Cl)ccc2o1)N(c1ccccc1)c1ccccc1. The van der Waals surface area contributed by atoms with E-state index in [-0.39, 0.29) is 11.7 Å². The molecule has 1 heterocycles. The van der Waals surface area contributed by atoms with Gasteiger partial charge in [0.2, 0.25) is 5.91 Å². The van der Waals surface area contributed by atoms with Crippen molar-refractivity contribution in [1.29, 1.82) is 0 Å². The number of thioether (sulfide) groups is 1. The Morgan fingerprint density at radius 1 is 0.963 bits per heavy atom. The highest BCUT2D eigenvalue weighted by Crippen LogP contribution is 2.29. The first-order valence-electron chi connectivity index (χ1n) is 8.33. The third-order valence-electron chi connectivity index (χ3n) is 3.93. The Balaban J connectivity index is 1.56. The van der Waals surface area contributed by atoms with E-state index in [0.29, 0.717) is 21.3 Å². The van der Waals surface area contributed by atoms with Crippen molar-refractivity contribution >= 4 is 51.7 Å². The number of carbonyl (C=O) groups excluding carboxylic acids is 1. The number of nitrogens with zero attached hydrogens (tertiary/aromatic N) is 2. The molecule has 0 saturated carbocycles. The number of hydrogen-bond donors (Lipinski definition) is 0. The van der Waals surface area contributed by atoms with Crippen molar-refractivity contribution in [2.45, 2.75) is 5.22 Å². The van der Waals surface area contributed by atoms with E-state index in [4.69, 9.17) is 16.0 Å². The third kappa shape index (κ3) is 3.99. The van der Waals surface area contributed by atoms with Gasteiger partial charge in [-0.2, -0.15) is 0 Å². The van der Waals surface area contributed by atoms with E-state index in [1.807, 2.05) is 60.7 Å². The van der Waals surface area contributed by atoms with Crippen LogP contribution < -0.4 is 4.90 Å². The lowest BCUT2D eigenvalue weighted by Gasteiger charge is -2.22. The summed E-state index contributed by atoms with van der Waals surface area (Å²) >= 11 is 7.25. The Kier molecular flexibility index (Phi) is 5.14. The van der Waals surface area contributed by atoms with E-state index in [9.17, 15) is 4.79 Å². The van der Waals surface area contributed by atoms with Crippen molar-refractivity contribution in [3.8, 4) is 0 Å². The van der Waals surface area contributed by atoms with Gasteiger partial charge in [0.25, 0.3) is 5.22 Å². The number of benzene rings is 3. The van der Waals surface area contributed by atoms with Crippen LogP contribution in [-0.2, 0) is 4.79 Å². The number of carbonyl (C=O) groups is 1. The molecule has 4 nitrogen and oxygen atoms in total. The fraction of sp³-hybridized carbons (Fsp3) is 0.0476. The molecular formula is C21H15ClN2O2S. The highest BCUT2D eigenvalue weighted by atomic mass is 35.5. The highest BCUT2D eigenvalue weighted by molar-refractivity contribution is 7.99. The molecule has 0 saturated heterocycles. The average Bonchev–Trinajstić information content (AvgIpc) is 3.10. The number of halogens is 1. The van der Waals surface area contributed by atoms with Crippen molar-refractivity contribution in [3.63, 3.8) is 0 Å². The van der Waals surface area contributed by atoms with Crippen LogP contribution in [0.2, 0.25) is 5.02 Å². The number of anilines is 2. The zero-order chi connectivity index (χ0) is 18.6. The van der Waals surface area contributed by atoms with Gasteiger partial charge in [-0.15, -0.1) is 0 Å². The van der Waals surface area contributed by atoms with E-state index in [1.165, 1.54) is 11.8 Å². The number of rotatable bonds is 5. The molecule has 1 aromatic heterocycles. The summed E-state index contributed by atoms with van der Waals surface area (Å²) < 4.78 is 5.69. The van der Waals surface area contributed by atoms with Crippen molar-refractivity contribution < 1.29 is 9.21 Å². The van der Waals surface area contributed by atoms with Gasteiger partial charge in [0, 0.05) is 16.4 Å². The average molecular weight is 395 g/mol. The molecule has 0 N–H and O–H groups in total. The van der Waals surface area contributed by atoms with Crippen LogP contribution in [0, 0.1) is 0 Å². The summed E-state index contributed by atoms with van der Waals surface area (Å²) in [5, 5.41) is 1.05. The Labute approximate surface area is 165 Å². The summed E-state index contributed by atoms with van der Waals surface area (Å²) in [5.41, 5.74) is 2.97. The third-order valence-corrected chi connectivity index (χ3v) is 4.98. The molecular weight excluding hydrogens is 380 g/mol. The van der Waals surface area contributed by atoms with Gasteiger partial charge >= 0.3 is 0 Å². The van der Waals surface area contributed by atoms with Gasteiger partial charge in [-0.05, 0) is 42.5 Å². The molecule has 0 spiro atoms. The maximum absolute atomic E-state index is 13.0. The molecule has 4 aromatic rings. The molecule has 0 fully saturated rings. The number of fused-ring (bicyclic) bond motifs is 1. The number of hydrogen-bond acceptors (Lipinski definition) is 4. The maximum atomic E-state index is 13.0. The van der Waals surface area contributed by atoms with E-state index in [0.717, 1.165) is 11.4 Å². The molecule has 134 valence electrons. The molecule has 27 heavy (non-hydrogen) atoms. The van der Waals surface area contributed by atoms with E-state index >= 15 is 0 Å². The predicted octanol–water partition coefficient (Wildman–Crippen LogP) is 5.94. The van der Waals surface area contributed by atoms with Crippen LogP contribution in [-0.4, -0.2) is 16.6 Å². The lowest BCUT2D eigenvalue weighted by Crippen LogP contribution is -2.27. The van der Waals surface area contributed by atoms with E-state index in [1.54, 1.807) is 23.1 Å². The molecule has 4 rings (SSSR count). The van der Waals surface area contributed by atoms with Crippen LogP contribution in [0.3, 0.4) is 0 Å². The van der Waals surface area contributed by atoms with Gasteiger partial charge < -0.3 is 4.42 Å². The summed E-state index contributed by atoms with van der Waals surface area (Å²) in [6.45, 7) is 0. The van der Waals surface area contributed by atoms with Crippen LogP contribution in [0.15, 0.2) is 88.5 Å². The summed E-state index contributed by atoms with van der Waals surface area (Å²) in [6.07, 6.45) is 0. The number of oxazole rings is 1. The Morgan fingerprint density at radius 3 is 2.22 bits per heavy atom. The Morgan fingerprint density at radius 2 is 1.59 bits per heavy atom. The second-order valence-corrected chi connectivity index (χ2v) is 7.14. The first-order valence-corrected chi connectivity index (χ1v) is 9.69. The first-order chi connectivity index (χ1) is 13.2. The maximum Gasteiger partial charge on any atom is 0.257 e. The number of amides is 1. The Hall–Kier alpha value is -2.76. The molecule has 0 aliphatic rings. The minimum absolute atomic E-state index is 0.0577. The minimum Gasteiger partial charge on any atom is -0.431 e. The second-order valence-electron chi connectivity index (χ2n) is 5.78. The lowest BCUT2D eigenvalue weighted by atomic mass is 10.2. The smallest absolute Gasteiger partial charge is 0.257 e. The van der Waals surface area contributed by atoms with Crippen LogP contribution in [0.1, 0.15) is 0 Å². The van der Waals surface area contributed by atoms with Crippen molar-refractivity contribution in [1.82, 2.24) is 4.98 Å². The molecule has 6 heteroatoms. The second kappa shape index (κ2) is 7.86. The topological polar surface area (TPSA) is 46.3 Å². The van der Waals surface area contributed by atoms with Crippen LogP contribution in [0.4, 0.5) is 11.4 Å². The van der Waals surface area contributed by atoms with Crippen molar-refractivity contribution in [2.75, 3.05) is 10.7 Å². The zero-order valence-electron chi connectivity index (χ0n) is 14.2. The molecule has 0 aliphatic heterocycles. The molecule has 0 radical (unpaired) electrons. The molecule has 3 aromatic carbocycles. The number of para-hydroxylation sites is 2. The van der Waals surface area contributed by atoms with Crippen LogP contribution in [0.5, 0.6) is 0 Å². The van der Waals surface area contributed by atoms with Crippen LogP contribution >= 0.6 is 23.4 Å². The quantitative estimate of drug-likeness (QED) is 0.393. The van der Waals surface area contributed by atoms with Gasteiger partial charge in [-0.3, -0.25) is 9.69 Å². The normalized spacial score (nSPS) is 10.9. The van der Waals surface area contributed by atoms with Gasteiger partial charge in [0.15, 0.2) is 5.58 Å². The van der Waals surface area contributed by atoms with Gasteiger partial charge in [0.05, 0.1) is 5.75 Å². The first kappa shape index (κ1) is 17.6. The summed E-state index contributed by atoms with van der Waals surface area (Å²) in [7, 11) is 0. The predicted molar refractivity (Wildman–Crippen MR) is 110 cm³/mol. The van der Waals surface area contributed by atoms with Crippen molar-refractivity contribution in [3.05, 3.63) is 83.9 Å². The fourth-order valence-corrected chi connectivity index (χ4v) is 3.57. The molecule has 0 atom stereocenters. The largest absolute Gasteiger partial charge is 0.431 e. The standard InChI is InChI=1S/C21H15ClN2O2S/c22-15-11-12-19-18(13-15)23-21(26-19)27-14-20(25)24(16-7-3-1-4-8-16)17-9-5-2-6-10-17/h1-13H,14H2. The van der Waals surface area contributed by atoms with E-state index in [2.05, 4.69) is 4.98 Å². The molecule has 1 amide bonds. The zero-order valence-corrected chi connectivity index (χ0v) is 15.8. The van der Waals surface area contributed by atoms with Gasteiger partial charge in [0.1, 0.15) is 5.52 Å². The summed E-state index contributed by atoms with van der Waals surface area (Å²) in [4.78, 5) is 19.1. The Bertz CT molecular complexity index is 1030. The van der Waals surface area contributed by atoms with Gasteiger partial charge in [-0.1, -0.05) is 59.8 Å². The summed E-state index contributed by atoms with van der Waals surface area (Å²) in [5.74, 6) is 0.141. The van der Waals surface area contributed by atoms with Crippen molar-refractivity contribution in [2.24, 2.45) is 0 Å². The monoisotopic (exact) mass is 394 g/mol. The molecule has 0 bridgehead atoms. The minimum atomic E-state index is -0.0577. The lowest BCUT2D eigenvalue weighted by molar-refractivity contribution is -0.115. The van der Waals surface area contributed by atoms with Crippen LogP contribution in [0.25, 0.3) is 11.1 Å². The van der Waals surface area contributed by atoms with Gasteiger partial charge in [-0.25, -0.2) is 4.98 Å². The highest BCUT2D eigenvalue weighted by Gasteiger charge is 2.19. The molecule has 0 unspecified atom stereocenters. The summed E-state index contributed by atoms with van der Waals surface area (Å²) in [6, 6.07) is 24.4. The van der Waals surface area contributed by atoms with E-state index < -0.39 is 0 Å².